The number of thiazole rings is 1. The Bertz CT molecular complexity index is 267. The highest BCUT2D eigenvalue weighted by Crippen LogP contribution is 2.20. The van der Waals surface area contributed by atoms with E-state index in [4.69, 9.17) is 0 Å². The number of hydrogen-bond donors (Lipinski definition) is 2. The van der Waals surface area contributed by atoms with Crippen LogP contribution in [0.4, 0.5) is 0 Å². The van der Waals surface area contributed by atoms with Crippen molar-refractivity contribution in [2.45, 2.75) is 39.8 Å². The van der Waals surface area contributed by atoms with Crippen molar-refractivity contribution in [1.82, 2.24) is 10.3 Å². The molecule has 1 rings (SSSR count). The van der Waals surface area contributed by atoms with Gasteiger partial charge in [0.25, 0.3) is 0 Å². The zero-order valence-electron chi connectivity index (χ0n) is 9.66. The molecule has 2 N–H and O–H groups in total. The van der Waals surface area contributed by atoms with Crippen molar-refractivity contribution in [3.8, 4) is 0 Å². The summed E-state index contributed by atoms with van der Waals surface area (Å²) in [5.74, 6) is 0. The number of aliphatic hydroxyl groups is 1. The molecule has 1 atom stereocenters. The van der Waals surface area contributed by atoms with Gasteiger partial charge in [0.15, 0.2) is 0 Å². The van der Waals surface area contributed by atoms with Crippen LogP contribution >= 0.6 is 11.3 Å². The van der Waals surface area contributed by atoms with Gasteiger partial charge in [-0.1, -0.05) is 20.8 Å². The highest BCUT2D eigenvalue weighted by molar-refractivity contribution is 7.09. The Morgan fingerprint density at radius 1 is 1.53 bits per heavy atom. The van der Waals surface area contributed by atoms with E-state index in [1.807, 2.05) is 11.7 Å². The summed E-state index contributed by atoms with van der Waals surface area (Å²) in [6, 6.07) is 0.173. The van der Waals surface area contributed by atoms with Crippen molar-refractivity contribution >= 4 is 11.3 Å². The number of nitrogens with one attached hydrogen (secondary N) is 1. The van der Waals surface area contributed by atoms with Gasteiger partial charge in [-0.05, 0) is 11.8 Å². The van der Waals surface area contributed by atoms with E-state index in [0.29, 0.717) is 0 Å². The minimum absolute atomic E-state index is 0.173. The van der Waals surface area contributed by atoms with Gasteiger partial charge in [-0.25, -0.2) is 0 Å². The normalized spacial score (nSPS) is 14.1. The summed E-state index contributed by atoms with van der Waals surface area (Å²) in [5, 5.41) is 12.6. The Kier molecular flexibility index (Phi) is 4.70. The summed E-state index contributed by atoms with van der Waals surface area (Å²) in [6.07, 6.45) is 2.84. The molecule has 4 heteroatoms. The average molecular weight is 228 g/mol. The van der Waals surface area contributed by atoms with Crippen molar-refractivity contribution in [3.05, 3.63) is 16.6 Å². The lowest BCUT2D eigenvalue weighted by Gasteiger charge is -2.25. The van der Waals surface area contributed by atoms with Gasteiger partial charge in [0.2, 0.25) is 0 Å². The van der Waals surface area contributed by atoms with E-state index in [-0.39, 0.29) is 18.1 Å². The first-order valence-electron chi connectivity index (χ1n) is 5.23. The summed E-state index contributed by atoms with van der Waals surface area (Å²) in [4.78, 5) is 5.23. The van der Waals surface area contributed by atoms with E-state index in [0.717, 1.165) is 13.0 Å². The topological polar surface area (TPSA) is 45.1 Å². The molecule has 0 bridgehead atoms. The van der Waals surface area contributed by atoms with Gasteiger partial charge in [0, 0.05) is 23.7 Å². The largest absolute Gasteiger partial charge is 0.395 e. The second-order valence-corrected chi connectivity index (χ2v) is 5.96. The second-order valence-electron chi connectivity index (χ2n) is 4.99. The van der Waals surface area contributed by atoms with Crippen LogP contribution in [0.25, 0.3) is 0 Å². The lowest BCUT2D eigenvalue weighted by molar-refractivity contribution is 0.198. The molecule has 0 amide bonds. The maximum atomic E-state index is 9.24. The first-order valence-corrected chi connectivity index (χ1v) is 6.11. The van der Waals surface area contributed by atoms with E-state index in [1.54, 1.807) is 11.3 Å². The predicted molar refractivity (Wildman–Crippen MR) is 63.9 cm³/mol. The van der Waals surface area contributed by atoms with E-state index in [9.17, 15) is 5.11 Å². The zero-order chi connectivity index (χ0) is 11.3. The van der Waals surface area contributed by atoms with E-state index in [2.05, 4.69) is 31.1 Å². The van der Waals surface area contributed by atoms with Crippen molar-refractivity contribution in [2.75, 3.05) is 6.61 Å². The molecule has 3 nitrogen and oxygen atoms in total. The molecular weight excluding hydrogens is 208 g/mol. The third-order valence-corrected chi connectivity index (χ3v) is 2.91. The van der Waals surface area contributed by atoms with Crippen LogP contribution in [0.5, 0.6) is 0 Å². The van der Waals surface area contributed by atoms with Gasteiger partial charge in [-0.15, -0.1) is 11.3 Å². The highest BCUT2D eigenvalue weighted by Gasteiger charge is 2.17. The Labute approximate surface area is 95.6 Å². The molecule has 86 valence electrons. The average Bonchev–Trinajstić information content (AvgIpc) is 2.62. The maximum Gasteiger partial charge on any atom is 0.0794 e. The molecule has 0 fully saturated rings. The molecule has 0 aliphatic heterocycles. The molecular formula is C11H20N2OS. The lowest BCUT2D eigenvalue weighted by Crippen LogP contribution is -2.35. The zero-order valence-corrected chi connectivity index (χ0v) is 10.5. The first kappa shape index (κ1) is 12.6. The van der Waals surface area contributed by atoms with Crippen LogP contribution in [0.3, 0.4) is 0 Å². The molecule has 1 heterocycles. The summed E-state index contributed by atoms with van der Waals surface area (Å²) in [7, 11) is 0. The molecule has 15 heavy (non-hydrogen) atoms. The van der Waals surface area contributed by atoms with Gasteiger partial charge >= 0.3 is 0 Å². The van der Waals surface area contributed by atoms with Crippen molar-refractivity contribution in [2.24, 2.45) is 5.41 Å². The fourth-order valence-electron chi connectivity index (χ4n) is 1.51. The number of aromatic nitrogens is 1. The molecule has 1 aromatic heterocycles. The fraction of sp³-hybridized carbons (Fsp3) is 0.727. The third-order valence-electron chi connectivity index (χ3n) is 2.13. The van der Waals surface area contributed by atoms with Crippen LogP contribution in [0.15, 0.2) is 11.7 Å². The van der Waals surface area contributed by atoms with Crippen LogP contribution in [0.2, 0.25) is 0 Å². The molecule has 0 spiro atoms. The Hall–Kier alpha value is -0.450. The van der Waals surface area contributed by atoms with Gasteiger partial charge in [-0.2, -0.15) is 0 Å². The van der Waals surface area contributed by atoms with Gasteiger partial charge in [-0.3, -0.25) is 4.98 Å². The molecule has 1 aromatic rings. The second kappa shape index (κ2) is 5.58. The standard InChI is InChI=1S/C11H20N2OS/c1-11(2,3)4-9(7-14)13-6-10-5-12-8-15-10/h5,8-9,13-14H,4,6-7H2,1-3H3. The van der Waals surface area contributed by atoms with Crippen molar-refractivity contribution < 1.29 is 5.11 Å². The Morgan fingerprint density at radius 3 is 2.73 bits per heavy atom. The lowest BCUT2D eigenvalue weighted by atomic mass is 9.88. The fourth-order valence-corrected chi connectivity index (χ4v) is 2.06. The molecule has 1 unspecified atom stereocenters. The number of aliphatic hydroxyl groups excluding tert-OH is 1. The summed E-state index contributed by atoms with van der Waals surface area (Å²) in [6.45, 7) is 7.54. The minimum Gasteiger partial charge on any atom is -0.395 e. The number of hydrogen-bond acceptors (Lipinski definition) is 4. The minimum atomic E-state index is 0.173. The van der Waals surface area contributed by atoms with E-state index in [1.165, 1.54) is 4.88 Å². The van der Waals surface area contributed by atoms with Crippen LogP contribution < -0.4 is 5.32 Å². The van der Waals surface area contributed by atoms with Gasteiger partial charge in [0.05, 0.1) is 12.1 Å². The van der Waals surface area contributed by atoms with Crippen LogP contribution in [-0.4, -0.2) is 22.7 Å². The van der Waals surface area contributed by atoms with E-state index < -0.39 is 0 Å². The summed E-state index contributed by atoms with van der Waals surface area (Å²) in [5.41, 5.74) is 2.07. The molecule has 0 saturated heterocycles. The molecule has 0 aliphatic carbocycles. The first-order chi connectivity index (χ1) is 7.01. The number of rotatable bonds is 5. The van der Waals surface area contributed by atoms with E-state index >= 15 is 0 Å². The van der Waals surface area contributed by atoms with Crippen LogP contribution in [-0.2, 0) is 6.54 Å². The highest BCUT2D eigenvalue weighted by atomic mass is 32.1. The SMILES string of the molecule is CC(C)(C)CC(CO)NCc1cncs1. The third kappa shape index (κ3) is 5.25. The monoisotopic (exact) mass is 228 g/mol. The van der Waals surface area contributed by atoms with Crippen molar-refractivity contribution in [3.63, 3.8) is 0 Å². The number of nitrogens with zero attached hydrogens (tertiary/aromatic N) is 1. The Morgan fingerprint density at radius 2 is 2.27 bits per heavy atom. The summed E-state index contributed by atoms with van der Waals surface area (Å²) < 4.78 is 0. The maximum absolute atomic E-state index is 9.24. The Balaban J connectivity index is 2.34. The van der Waals surface area contributed by atoms with Gasteiger partial charge in [0.1, 0.15) is 0 Å². The quantitative estimate of drug-likeness (QED) is 0.810. The predicted octanol–water partition coefficient (Wildman–Crippen LogP) is 2.03. The molecule has 0 aliphatic rings. The van der Waals surface area contributed by atoms with Gasteiger partial charge < -0.3 is 10.4 Å². The van der Waals surface area contributed by atoms with Crippen LogP contribution in [0.1, 0.15) is 32.1 Å². The van der Waals surface area contributed by atoms with Crippen molar-refractivity contribution in [1.29, 1.82) is 0 Å². The molecule has 0 radical (unpaired) electrons. The molecule has 0 aromatic carbocycles. The smallest absolute Gasteiger partial charge is 0.0794 e. The van der Waals surface area contributed by atoms with Crippen LogP contribution in [0, 0.1) is 5.41 Å². The molecule has 0 saturated carbocycles. The summed E-state index contributed by atoms with van der Waals surface area (Å²) >= 11 is 1.64.